The number of para-hydroxylation sites is 1. The number of nitro benzene ring substituents is 1. The average molecular weight is 494 g/mol. The van der Waals surface area contributed by atoms with Crippen molar-refractivity contribution in [1.82, 2.24) is 9.80 Å². The van der Waals surface area contributed by atoms with E-state index in [1.807, 2.05) is 36.1 Å². The number of carbonyl (C=O) groups excluding carboxylic acids is 2. The largest absolute Gasteiger partial charge is 0.484 e. The monoisotopic (exact) mass is 494 g/mol. The molecular formula is C23H25F3N4O5. The number of alkyl halides is 3. The van der Waals surface area contributed by atoms with Gasteiger partial charge in [0, 0.05) is 37.9 Å². The zero-order valence-corrected chi connectivity index (χ0v) is 19.0. The van der Waals surface area contributed by atoms with Crippen LogP contribution < -0.4 is 10.1 Å². The topological polar surface area (TPSA) is 105 Å². The number of halogens is 3. The Bertz CT molecular complexity index is 1090. The van der Waals surface area contributed by atoms with Crippen molar-refractivity contribution in [2.24, 2.45) is 0 Å². The third kappa shape index (κ3) is 7.15. The highest BCUT2D eigenvalue weighted by Gasteiger charge is 2.31. The molecule has 0 spiro atoms. The van der Waals surface area contributed by atoms with Crippen molar-refractivity contribution in [3.63, 3.8) is 0 Å². The number of nitro groups is 1. The average Bonchev–Trinajstić information content (AvgIpc) is 2.82. The second kappa shape index (κ2) is 11.2. The lowest BCUT2D eigenvalue weighted by atomic mass is 10.1. The molecule has 12 heteroatoms. The molecule has 2 aromatic carbocycles. The first-order chi connectivity index (χ1) is 16.6. The Morgan fingerprint density at radius 2 is 1.80 bits per heavy atom. The highest BCUT2D eigenvalue weighted by molar-refractivity contribution is 5.98. The molecule has 1 aliphatic heterocycles. The van der Waals surface area contributed by atoms with Crippen LogP contribution in [0.15, 0.2) is 42.5 Å². The number of nitrogens with zero attached hydrogens (tertiary/aromatic N) is 3. The summed E-state index contributed by atoms with van der Waals surface area (Å²) in [6.07, 6.45) is -3.82. The quantitative estimate of drug-likeness (QED) is 0.445. The lowest BCUT2D eigenvalue weighted by molar-refractivity contribution is -0.385. The summed E-state index contributed by atoms with van der Waals surface area (Å²) in [7, 11) is 0. The maximum atomic E-state index is 13.0. The molecule has 0 bridgehead atoms. The number of hydrogen-bond acceptors (Lipinski definition) is 6. The van der Waals surface area contributed by atoms with E-state index in [1.165, 1.54) is 4.90 Å². The number of amides is 2. The maximum absolute atomic E-state index is 13.0. The molecule has 1 aliphatic rings. The van der Waals surface area contributed by atoms with Crippen LogP contribution in [0, 0.1) is 10.1 Å². The van der Waals surface area contributed by atoms with E-state index in [0.29, 0.717) is 13.1 Å². The fraction of sp³-hybridized carbons (Fsp3) is 0.391. The second-order valence-corrected chi connectivity index (χ2v) is 7.97. The lowest BCUT2D eigenvalue weighted by Crippen LogP contribution is -2.50. The summed E-state index contributed by atoms with van der Waals surface area (Å²) in [5, 5.41) is 14.3. The van der Waals surface area contributed by atoms with Crippen LogP contribution in [-0.2, 0) is 11.2 Å². The summed E-state index contributed by atoms with van der Waals surface area (Å²) in [6.45, 7) is 1.62. The van der Waals surface area contributed by atoms with Gasteiger partial charge in [0.25, 0.3) is 11.6 Å². The van der Waals surface area contributed by atoms with Crippen LogP contribution in [0.25, 0.3) is 0 Å². The van der Waals surface area contributed by atoms with Crippen molar-refractivity contribution < 1.29 is 32.4 Å². The van der Waals surface area contributed by atoms with Gasteiger partial charge >= 0.3 is 6.18 Å². The van der Waals surface area contributed by atoms with Gasteiger partial charge in [-0.25, -0.2) is 0 Å². The standard InChI is InChI=1S/C23H25F3N4O5/c1-2-16-5-3-4-6-19(16)27-21(31)14-28-9-11-29(12-10-28)22(32)18-13-17(35-15-23(24,25)26)7-8-20(18)30(33)34/h3-8,13H,2,9-12,14-15H2,1H3,(H,27,31). The molecular weight excluding hydrogens is 469 g/mol. The minimum Gasteiger partial charge on any atom is -0.484 e. The summed E-state index contributed by atoms with van der Waals surface area (Å²) in [6, 6.07) is 10.4. The SMILES string of the molecule is CCc1ccccc1NC(=O)CN1CCN(C(=O)c2cc(OCC(F)(F)F)ccc2[N+](=O)[O-])CC1. The molecule has 35 heavy (non-hydrogen) atoms. The van der Waals surface area contributed by atoms with Gasteiger partial charge in [0.2, 0.25) is 5.91 Å². The van der Waals surface area contributed by atoms with Crippen molar-refractivity contribution in [1.29, 1.82) is 0 Å². The predicted octanol–water partition coefficient (Wildman–Crippen LogP) is 3.49. The van der Waals surface area contributed by atoms with E-state index in [2.05, 4.69) is 10.1 Å². The van der Waals surface area contributed by atoms with Gasteiger partial charge in [0.15, 0.2) is 6.61 Å². The van der Waals surface area contributed by atoms with Gasteiger partial charge in [-0.1, -0.05) is 25.1 Å². The van der Waals surface area contributed by atoms with Gasteiger partial charge < -0.3 is 15.0 Å². The smallest absolute Gasteiger partial charge is 0.422 e. The molecule has 2 amide bonds. The first kappa shape index (κ1) is 25.9. The van der Waals surface area contributed by atoms with Crippen LogP contribution in [-0.4, -0.2) is 72.0 Å². The molecule has 0 saturated carbocycles. The van der Waals surface area contributed by atoms with Gasteiger partial charge in [-0.15, -0.1) is 0 Å². The number of carbonyl (C=O) groups is 2. The Balaban J connectivity index is 1.61. The Kier molecular flexibility index (Phi) is 8.28. The number of anilines is 1. The Morgan fingerprint density at radius 3 is 2.43 bits per heavy atom. The molecule has 0 atom stereocenters. The minimum atomic E-state index is -4.59. The van der Waals surface area contributed by atoms with Crippen molar-refractivity contribution in [3.8, 4) is 5.75 Å². The minimum absolute atomic E-state index is 0.112. The number of ether oxygens (including phenoxy) is 1. The first-order valence-electron chi connectivity index (χ1n) is 10.9. The van der Waals surface area contributed by atoms with Crippen molar-refractivity contribution >= 4 is 23.2 Å². The Hall–Kier alpha value is -3.67. The van der Waals surface area contributed by atoms with Gasteiger partial charge in [-0.05, 0) is 30.2 Å². The summed E-state index contributed by atoms with van der Waals surface area (Å²) in [4.78, 5) is 39.3. The van der Waals surface area contributed by atoms with Crippen LogP contribution >= 0.6 is 0 Å². The van der Waals surface area contributed by atoms with E-state index in [9.17, 15) is 32.9 Å². The number of piperazine rings is 1. The van der Waals surface area contributed by atoms with Gasteiger partial charge in [-0.2, -0.15) is 13.2 Å². The fourth-order valence-electron chi connectivity index (χ4n) is 3.72. The molecule has 2 aromatic rings. The Morgan fingerprint density at radius 1 is 1.11 bits per heavy atom. The van der Waals surface area contributed by atoms with E-state index in [-0.39, 0.29) is 36.9 Å². The molecule has 1 fully saturated rings. The summed E-state index contributed by atoms with van der Waals surface area (Å²) in [5.74, 6) is -1.18. The van der Waals surface area contributed by atoms with Crippen LogP contribution in [0.3, 0.4) is 0 Å². The van der Waals surface area contributed by atoms with E-state index in [0.717, 1.165) is 35.9 Å². The molecule has 1 heterocycles. The van der Waals surface area contributed by atoms with Crippen molar-refractivity contribution in [3.05, 3.63) is 63.7 Å². The normalized spacial score (nSPS) is 14.5. The number of rotatable bonds is 8. The highest BCUT2D eigenvalue weighted by Crippen LogP contribution is 2.27. The van der Waals surface area contributed by atoms with Crippen LogP contribution in [0.1, 0.15) is 22.8 Å². The number of benzene rings is 2. The number of nitrogens with one attached hydrogen (secondary N) is 1. The summed E-state index contributed by atoms with van der Waals surface area (Å²) in [5.41, 5.74) is 0.885. The number of hydrogen-bond donors (Lipinski definition) is 1. The highest BCUT2D eigenvalue weighted by atomic mass is 19.4. The molecule has 9 nitrogen and oxygen atoms in total. The molecule has 1 saturated heterocycles. The predicted molar refractivity (Wildman–Crippen MR) is 121 cm³/mol. The van der Waals surface area contributed by atoms with E-state index in [4.69, 9.17) is 0 Å². The van der Waals surface area contributed by atoms with Crippen molar-refractivity contribution in [2.45, 2.75) is 19.5 Å². The zero-order chi connectivity index (χ0) is 25.6. The van der Waals surface area contributed by atoms with E-state index < -0.39 is 29.3 Å². The lowest BCUT2D eigenvalue weighted by Gasteiger charge is -2.34. The van der Waals surface area contributed by atoms with Crippen LogP contribution in [0.5, 0.6) is 5.75 Å². The molecule has 0 radical (unpaired) electrons. The van der Waals surface area contributed by atoms with E-state index in [1.54, 1.807) is 0 Å². The molecule has 1 N–H and O–H groups in total. The third-order valence-corrected chi connectivity index (χ3v) is 5.50. The number of aryl methyl sites for hydroxylation is 1. The van der Waals surface area contributed by atoms with Crippen LogP contribution in [0.4, 0.5) is 24.5 Å². The van der Waals surface area contributed by atoms with Crippen molar-refractivity contribution in [2.75, 3.05) is 44.6 Å². The van der Waals surface area contributed by atoms with Gasteiger partial charge in [-0.3, -0.25) is 24.6 Å². The third-order valence-electron chi connectivity index (χ3n) is 5.50. The molecule has 0 aliphatic carbocycles. The molecule has 188 valence electrons. The molecule has 0 aromatic heterocycles. The molecule has 3 rings (SSSR count). The fourth-order valence-corrected chi connectivity index (χ4v) is 3.72. The van der Waals surface area contributed by atoms with Gasteiger partial charge in [0.05, 0.1) is 11.5 Å². The zero-order valence-electron chi connectivity index (χ0n) is 19.0. The van der Waals surface area contributed by atoms with Gasteiger partial charge in [0.1, 0.15) is 11.3 Å². The first-order valence-corrected chi connectivity index (χ1v) is 10.9. The maximum Gasteiger partial charge on any atom is 0.422 e. The summed E-state index contributed by atoms with van der Waals surface area (Å²) >= 11 is 0. The van der Waals surface area contributed by atoms with Crippen LogP contribution in [0.2, 0.25) is 0 Å². The second-order valence-electron chi connectivity index (χ2n) is 7.97. The van der Waals surface area contributed by atoms with E-state index >= 15 is 0 Å². The molecule has 0 unspecified atom stereocenters. The Labute approximate surface area is 199 Å². The summed E-state index contributed by atoms with van der Waals surface area (Å²) < 4.78 is 42.0.